The van der Waals surface area contributed by atoms with Crippen molar-refractivity contribution in [3.05, 3.63) is 29.6 Å². The average Bonchev–Trinajstić information content (AvgIpc) is 2.96. The van der Waals surface area contributed by atoms with E-state index in [1.807, 2.05) is 6.07 Å². The molecule has 1 spiro atoms. The third-order valence-corrected chi connectivity index (χ3v) is 4.31. The molecule has 18 heavy (non-hydrogen) atoms. The zero-order chi connectivity index (χ0) is 12.8. The predicted molar refractivity (Wildman–Crippen MR) is 68.0 cm³/mol. The van der Waals surface area contributed by atoms with Crippen LogP contribution < -0.4 is 10.6 Å². The lowest BCUT2D eigenvalue weighted by molar-refractivity contribution is -0.117. The zero-order valence-electron chi connectivity index (χ0n) is 10.3. The number of nitrogens with two attached hydrogens (primary N) is 1. The number of hydrogen-bond donors (Lipinski definition) is 1. The molecular weight excluding hydrogens is 231 g/mol. The fraction of sp³-hybridized carbons (Fsp3) is 0.500. The number of anilines is 1. The fourth-order valence-corrected chi connectivity index (χ4v) is 3.52. The highest BCUT2D eigenvalue weighted by atomic mass is 19.1. The van der Waals surface area contributed by atoms with Crippen LogP contribution in [-0.4, -0.2) is 19.0 Å². The number of hydrogen-bond acceptors (Lipinski definition) is 2. The number of benzene rings is 1. The van der Waals surface area contributed by atoms with Gasteiger partial charge in [0.25, 0.3) is 0 Å². The minimum Gasteiger partial charge on any atom is -0.322 e. The molecule has 1 fully saturated rings. The second-order valence-electron chi connectivity index (χ2n) is 5.31. The number of fused-ring (bicyclic) bond motifs is 2. The van der Waals surface area contributed by atoms with Crippen LogP contribution in [0.1, 0.15) is 31.2 Å². The van der Waals surface area contributed by atoms with E-state index in [4.69, 9.17) is 5.73 Å². The van der Waals surface area contributed by atoms with E-state index in [0.29, 0.717) is 6.54 Å². The molecule has 4 heteroatoms. The van der Waals surface area contributed by atoms with Gasteiger partial charge < -0.3 is 10.6 Å². The van der Waals surface area contributed by atoms with E-state index >= 15 is 0 Å². The Kier molecular flexibility index (Phi) is 2.63. The summed E-state index contributed by atoms with van der Waals surface area (Å²) >= 11 is 0. The predicted octanol–water partition coefficient (Wildman–Crippen LogP) is 1.94. The van der Waals surface area contributed by atoms with Gasteiger partial charge in [-0.15, -0.1) is 0 Å². The quantitative estimate of drug-likeness (QED) is 0.825. The molecule has 1 aromatic rings. The maximum atomic E-state index is 14.2. The summed E-state index contributed by atoms with van der Waals surface area (Å²) in [6.07, 6.45) is 4.15. The van der Waals surface area contributed by atoms with Crippen LogP contribution in [0, 0.1) is 5.82 Å². The summed E-state index contributed by atoms with van der Waals surface area (Å²) in [7, 11) is 0. The second kappa shape index (κ2) is 4.05. The van der Waals surface area contributed by atoms with E-state index in [9.17, 15) is 9.18 Å². The molecule has 0 radical (unpaired) electrons. The number of carbonyl (C=O) groups excluding carboxylic acids is 1. The van der Waals surface area contributed by atoms with Crippen molar-refractivity contribution in [1.29, 1.82) is 0 Å². The highest BCUT2D eigenvalue weighted by Gasteiger charge is 2.47. The first-order chi connectivity index (χ1) is 8.68. The van der Waals surface area contributed by atoms with Gasteiger partial charge in [0.1, 0.15) is 5.82 Å². The largest absolute Gasteiger partial charge is 0.322 e. The molecule has 96 valence electrons. The normalized spacial score (nSPS) is 20.4. The van der Waals surface area contributed by atoms with Crippen molar-refractivity contribution in [3.63, 3.8) is 0 Å². The van der Waals surface area contributed by atoms with E-state index in [0.717, 1.165) is 36.9 Å². The summed E-state index contributed by atoms with van der Waals surface area (Å²) < 4.78 is 14.2. The first-order valence-corrected chi connectivity index (χ1v) is 6.47. The average molecular weight is 248 g/mol. The van der Waals surface area contributed by atoms with Gasteiger partial charge in [0.05, 0.1) is 12.2 Å². The third-order valence-electron chi connectivity index (χ3n) is 4.31. The molecule has 0 saturated heterocycles. The van der Waals surface area contributed by atoms with Crippen LogP contribution in [0.2, 0.25) is 0 Å². The van der Waals surface area contributed by atoms with Crippen molar-refractivity contribution < 1.29 is 9.18 Å². The summed E-state index contributed by atoms with van der Waals surface area (Å²) in [6.45, 7) is 0.575. The van der Waals surface area contributed by atoms with E-state index < -0.39 is 0 Å². The van der Waals surface area contributed by atoms with Gasteiger partial charge in [0.15, 0.2) is 0 Å². The maximum absolute atomic E-state index is 14.2. The molecule has 3 rings (SSSR count). The highest BCUT2D eigenvalue weighted by Crippen LogP contribution is 2.51. The minimum absolute atomic E-state index is 0.0218. The molecule has 2 aliphatic rings. The van der Waals surface area contributed by atoms with E-state index in [-0.39, 0.29) is 23.7 Å². The molecule has 1 aromatic carbocycles. The van der Waals surface area contributed by atoms with Crippen LogP contribution in [0.5, 0.6) is 0 Å². The fourth-order valence-electron chi connectivity index (χ4n) is 3.52. The summed E-state index contributed by atoms with van der Waals surface area (Å²) in [6, 6.07) is 4.99. The summed E-state index contributed by atoms with van der Waals surface area (Å²) in [4.78, 5) is 13.6. The van der Waals surface area contributed by atoms with Crippen molar-refractivity contribution in [1.82, 2.24) is 0 Å². The Morgan fingerprint density at radius 2 is 2.11 bits per heavy atom. The lowest BCUT2D eigenvalue weighted by Crippen LogP contribution is -2.39. The highest BCUT2D eigenvalue weighted by molar-refractivity contribution is 5.97. The van der Waals surface area contributed by atoms with Crippen molar-refractivity contribution in [2.75, 3.05) is 18.0 Å². The van der Waals surface area contributed by atoms with Crippen LogP contribution in [-0.2, 0) is 10.2 Å². The van der Waals surface area contributed by atoms with Gasteiger partial charge in [0, 0.05) is 17.5 Å². The Balaban J connectivity index is 2.13. The van der Waals surface area contributed by atoms with Gasteiger partial charge in [-0.25, -0.2) is 4.39 Å². The first-order valence-electron chi connectivity index (χ1n) is 6.47. The molecule has 1 saturated carbocycles. The van der Waals surface area contributed by atoms with Crippen LogP contribution in [0.25, 0.3) is 0 Å². The van der Waals surface area contributed by atoms with Crippen molar-refractivity contribution in [2.45, 2.75) is 31.1 Å². The second-order valence-corrected chi connectivity index (χ2v) is 5.31. The van der Waals surface area contributed by atoms with Crippen LogP contribution in [0.15, 0.2) is 18.2 Å². The SMILES string of the molecule is NCC(=O)N1CC2(CCCC2)c2c(F)cccc21. The smallest absolute Gasteiger partial charge is 0.240 e. The van der Waals surface area contributed by atoms with E-state index in [1.54, 1.807) is 11.0 Å². The summed E-state index contributed by atoms with van der Waals surface area (Å²) in [5.41, 5.74) is 6.76. The van der Waals surface area contributed by atoms with Crippen molar-refractivity contribution in [3.8, 4) is 0 Å². The number of carbonyl (C=O) groups is 1. The Morgan fingerprint density at radius 3 is 2.78 bits per heavy atom. The first kappa shape index (κ1) is 11.7. The lowest BCUT2D eigenvalue weighted by atomic mass is 9.80. The molecule has 3 nitrogen and oxygen atoms in total. The summed E-state index contributed by atoms with van der Waals surface area (Å²) in [5.74, 6) is -0.299. The van der Waals surface area contributed by atoms with Crippen molar-refractivity contribution in [2.24, 2.45) is 5.73 Å². The summed E-state index contributed by atoms with van der Waals surface area (Å²) in [5, 5.41) is 0. The molecule has 1 amide bonds. The van der Waals surface area contributed by atoms with Gasteiger partial charge in [-0.1, -0.05) is 18.9 Å². The number of halogens is 1. The van der Waals surface area contributed by atoms with E-state index in [1.165, 1.54) is 6.07 Å². The van der Waals surface area contributed by atoms with Gasteiger partial charge in [0.2, 0.25) is 5.91 Å². The van der Waals surface area contributed by atoms with E-state index in [2.05, 4.69) is 0 Å². The molecule has 0 unspecified atom stereocenters. The molecule has 1 aliphatic carbocycles. The van der Waals surface area contributed by atoms with Crippen LogP contribution in [0.3, 0.4) is 0 Å². The molecular formula is C14H17FN2O. The zero-order valence-corrected chi connectivity index (χ0v) is 10.3. The minimum atomic E-state index is -0.179. The maximum Gasteiger partial charge on any atom is 0.240 e. The molecule has 1 aliphatic heterocycles. The molecule has 0 atom stereocenters. The topological polar surface area (TPSA) is 46.3 Å². The Bertz CT molecular complexity index is 495. The van der Waals surface area contributed by atoms with Gasteiger partial charge in [-0.2, -0.15) is 0 Å². The van der Waals surface area contributed by atoms with Crippen LogP contribution >= 0.6 is 0 Å². The number of rotatable bonds is 1. The van der Waals surface area contributed by atoms with Gasteiger partial charge in [-0.05, 0) is 25.0 Å². The molecule has 0 bridgehead atoms. The Labute approximate surface area is 106 Å². The lowest BCUT2D eigenvalue weighted by Gasteiger charge is -2.24. The molecule has 2 N–H and O–H groups in total. The standard InChI is InChI=1S/C14H17FN2O/c15-10-4-3-5-11-13(10)14(6-1-2-7-14)9-17(11)12(18)8-16/h3-5H,1-2,6-9,16H2. The number of amides is 1. The Hall–Kier alpha value is -1.42. The number of nitrogens with zero attached hydrogens (tertiary/aromatic N) is 1. The molecule has 1 heterocycles. The van der Waals surface area contributed by atoms with Gasteiger partial charge >= 0.3 is 0 Å². The molecule has 0 aromatic heterocycles. The van der Waals surface area contributed by atoms with Crippen molar-refractivity contribution >= 4 is 11.6 Å². The van der Waals surface area contributed by atoms with Gasteiger partial charge in [-0.3, -0.25) is 4.79 Å². The monoisotopic (exact) mass is 248 g/mol. The van der Waals surface area contributed by atoms with Crippen LogP contribution in [0.4, 0.5) is 10.1 Å². The third kappa shape index (κ3) is 1.48. The Morgan fingerprint density at radius 1 is 1.39 bits per heavy atom.